The number of hydrogen-bond donors (Lipinski definition) is 6. The molecule has 2 heterocycles. The van der Waals surface area contributed by atoms with Gasteiger partial charge in [0.25, 0.3) is 0 Å². The second-order valence-corrected chi connectivity index (χ2v) is 6.20. The van der Waals surface area contributed by atoms with E-state index < -0.39 is 42.6 Å². The van der Waals surface area contributed by atoms with E-state index in [4.69, 9.17) is 5.11 Å². The average Bonchev–Trinajstić information content (AvgIpc) is 3.12. The van der Waals surface area contributed by atoms with E-state index in [1.54, 1.807) is 6.92 Å². The van der Waals surface area contributed by atoms with Crippen molar-refractivity contribution >= 4 is 16.7 Å². The van der Waals surface area contributed by atoms with Gasteiger partial charge in [-0.3, -0.25) is 4.79 Å². The van der Waals surface area contributed by atoms with Gasteiger partial charge in [-0.15, -0.1) is 0 Å². The Morgan fingerprint density at radius 1 is 1.19 bits per heavy atom. The van der Waals surface area contributed by atoms with Crippen molar-refractivity contribution in [3.8, 4) is 0 Å². The fourth-order valence-electron chi connectivity index (χ4n) is 2.90. The van der Waals surface area contributed by atoms with E-state index in [-0.39, 0.29) is 6.42 Å². The van der Waals surface area contributed by atoms with Crippen LogP contribution in [0.25, 0.3) is 10.9 Å². The average molecular weight is 367 g/mol. The molecule has 8 heteroatoms. The molecule has 3 rings (SSSR count). The highest BCUT2D eigenvalue weighted by Gasteiger charge is 2.58. The first-order valence-electron chi connectivity index (χ1n) is 8.44. The predicted octanol–water partition coefficient (Wildman–Crippen LogP) is -0.314. The van der Waals surface area contributed by atoms with Crippen molar-refractivity contribution < 1.29 is 35.1 Å². The maximum absolute atomic E-state index is 11.7. The smallest absolute Gasteiger partial charge is 0.184 e. The molecule has 0 amide bonds. The van der Waals surface area contributed by atoms with Crippen LogP contribution in [0.5, 0.6) is 0 Å². The number of aromatic amines is 1. The third kappa shape index (κ3) is 3.96. The molecular weight excluding hydrogens is 342 g/mol. The highest BCUT2D eigenvalue weighted by molar-refractivity contribution is 5.88. The minimum atomic E-state index is -2.51. The molecule has 1 aliphatic rings. The Hall–Kier alpha value is -1.81. The largest absolute Gasteiger partial charge is 0.394 e. The van der Waals surface area contributed by atoms with Crippen LogP contribution in [0.2, 0.25) is 0 Å². The minimum Gasteiger partial charge on any atom is -0.394 e. The lowest BCUT2D eigenvalue weighted by Gasteiger charge is -2.45. The molecule has 8 nitrogen and oxygen atoms in total. The predicted molar refractivity (Wildman–Crippen MR) is 93.1 cm³/mol. The molecule has 0 saturated carbocycles. The summed E-state index contributed by atoms with van der Waals surface area (Å²) in [5.74, 6) is -0.791. The number of fused-ring (bicyclic) bond motifs is 1. The molecule has 0 bridgehead atoms. The zero-order chi connectivity index (χ0) is 19.3. The lowest BCUT2D eigenvalue weighted by molar-refractivity contribution is -0.311. The number of hydrogen-bond acceptors (Lipinski definition) is 7. The van der Waals surface area contributed by atoms with Crippen LogP contribution in [0.4, 0.5) is 0 Å². The number of carbonyl (C=O) groups is 1. The summed E-state index contributed by atoms with van der Waals surface area (Å²) < 4.78 is 4.68. The van der Waals surface area contributed by atoms with Gasteiger partial charge >= 0.3 is 0 Å². The van der Waals surface area contributed by atoms with Crippen LogP contribution in [0, 0.1) is 0 Å². The third-order valence-electron chi connectivity index (χ3n) is 4.40. The maximum Gasteiger partial charge on any atom is 0.184 e. The van der Waals surface area contributed by atoms with Gasteiger partial charge in [0.2, 0.25) is 0 Å². The van der Waals surface area contributed by atoms with Crippen LogP contribution in [0.3, 0.4) is 0 Å². The SMILES string of the molecule is CCCC(=O)[C@]1(O)[C@H](O)[C@@H](CO)OC(O)[C@@H]1O.c1ccc2[nH]ccc2c1. The van der Waals surface area contributed by atoms with Crippen molar-refractivity contribution in [2.24, 2.45) is 0 Å². The van der Waals surface area contributed by atoms with Gasteiger partial charge in [-0.05, 0) is 23.9 Å². The first-order chi connectivity index (χ1) is 12.4. The van der Waals surface area contributed by atoms with Crippen LogP contribution in [0.15, 0.2) is 36.5 Å². The van der Waals surface area contributed by atoms with Crippen LogP contribution >= 0.6 is 0 Å². The molecule has 144 valence electrons. The van der Waals surface area contributed by atoms with E-state index in [2.05, 4.69) is 27.9 Å². The molecular formula is C18H25NO7. The summed E-state index contributed by atoms with van der Waals surface area (Å²) in [4.78, 5) is 14.8. The number of ether oxygens (including phenoxy) is 1. The quantitative estimate of drug-likeness (QED) is 0.435. The first kappa shape index (κ1) is 20.5. The van der Waals surface area contributed by atoms with Gasteiger partial charge in [-0.25, -0.2) is 0 Å². The number of carbonyl (C=O) groups excluding carboxylic acids is 1. The topological polar surface area (TPSA) is 143 Å². The van der Waals surface area contributed by atoms with Crippen molar-refractivity contribution in [3.63, 3.8) is 0 Å². The summed E-state index contributed by atoms with van der Waals surface area (Å²) >= 11 is 0. The summed E-state index contributed by atoms with van der Waals surface area (Å²) in [7, 11) is 0. The highest BCUT2D eigenvalue weighted by Crippen LogP contribution is 2.31. The van der Waals surface area contributed by atoms with E-state index in [9.17, 15) is 25.2 Å². The lowest BCUT2D eigenvalue weighted by Crippen LogP contribution is -2.70. The van der Waals surface area contributed by atoms with E-state index in [1.165, 1.54) is 10.9 Å². The van der Waals surface area contributed by atoms with Crippen molar-refractivity contribution in [1.82, 2.24) is 4.98 Å². The summed E-state index contributed by atoms with van der Waals surface area (Å²) in [5.41, 5.74) is -1.31. The van der Waals surface area contributed by atoms with Gasteiger partial charge < -0.3 is 35.3 Å². The molecule has 0 spiro atoms. The Morgan fingerprint density at radius 3 is 2.50 bits per heavy atom. The Balaban J connectivity index is 0.000000223. The van der Waals surface area contributed by atoms with Crippen molar-refractivity contribution in [2.45, 2.75) is 50.0 Å². The molecule has 1 aromatic carbocycles. The Bertz CT molecular complexity index is 688. The molecule has 1 fully saturated rings. The zero-order valence-corrected chi connectivity index (χ0v) is 14.4. The summed E-state index contributed by atoms with van der Waals surface area (Å²) in [6, 6.07) is 10.3. The molecule has 6 N–H and O–H groups in total. The monoisotopic (exact) mass is 367 g/mol. The van der Waals surface area contributed by atoms with Gasteiger partial charge in [0, 0.05) is 18.1 Å². The van der Waals surface area contributed by atoms with Crippen LogP contribution in [-0.4, -0.2) is 73.1 Å². The van der Waals surface area contributed by atoms with Crippen LogP contribution in [0.1, 0.15) is 19.8 Å². The molecule has 1 aromatic heterocycles. The molecule has 1 aliphatic heterocycles. The Morgan fingerprint density at radius 2 is 1.88 bits per heavy atom. The number of para-hydroxylation sites is 1. The number of Topliss-reactive ketones (excluding diaryl/α,β-unsaturated/α-hetero) is 1. The third-order valence-corrected chi connectivity index (χ3v) is 4.40. The van der Waals surface area contributed by atoms with E-state index in [0.717, 1.165) is 0 Å². The minimum absolute atomic E-state index is 0.0600. The summed E-state index contributed by atoms with van der Waals surface area (Å²) in [6.45, 7) is 1.01. The van der Waals surface area contributed by atoms with Crippen LogP contribution < -0.4 is 0 Å². The number of ketones is 1. The summed E-state index contributed by atoms with van der Waals surface area (Å²) in [6.07, 6.45) is -4.58. The van der Waals surface area contributed by atoms with Gasteiger partial charge in [-0.1, -0.05) is 25.1 Å². The lowest BCUT2D eigenvalue weighted by atomic mass is 9.79. The number of rotatable bonds is 4. The van der Waals surface area contributed by atoms with E-state index >= 15 is 0 Å². The Labute approximate surface area is 150 Å². The highest BCUT2D eigenvalue weighted by atomic mass is 16.6. The van der Waals surface area contributed by atoms with E-state index in [0.29, 0.717) is 6.42 Å². The summed E-state index contributed by atoms with van der Waals surface area (Å²) in [5, 5.41) is 48.9. The van der Waals surface area contributed by atoms with Gasteiger partial charge in [0.15, 0.2) is 17.7 Å². The second kappa shape index (κ2) is 8.72. The molecule has 26 heavy (non-hydrogen) atoms. The number of aromatic nitrogens is 1. The fraction of sp³-hybridized carbons (Fsp3) is 0.500. The van der Waals surface area contributed by atoms with Gasteiger partial charge in [0.1, 0.15) is 18.3 Å². The number of benzene rings is 1. The normalized spacial score (nSPS) is 31.3. The maximum atomic E-state index is 11.7. The molecule has 1 unspecified atom stereocenters. The number of aliphatic hydroxyl groups excluding tert-OH is 4. The standard InChI is InChI=1S/C10H18O7.C8H7N/c1-2-3-6(12)10(16)7(13)5(4-11)17-9(15)8(10)14;1-2-4-8-7(3-1)5-6-9-8/h5,7-9,11,13-16H,2-4H2,1H3;1-6,9H/t5-,7-,8+,9?,10+;/m1./s1. The van der Waals surface area contributed by atoms with Crippen molar-refractivity contribution in [2.75, 3.05) is 6.61 Å². The molecule has 0 radical (unpaired) electrons. The van der Waals surface area contributed by atoms with Gasteiger partial charge in [-0.2, -0.15) is 0 Å². The molecule has 1 saturated heterocycles. The molecule has 5 atom stereocenters. The fourth-order valence-corrected chi connectivity index (χ4v) is 2.90. The first-order valence-corrected chi connectivity index (χ1v) is 8.44. The second-order valence-electron chi connectivity index (χ2n) is 6.20. The Kier molecular flexibility index (Phi) is 6.87. The number of nitrogens with one attached hydrogen (secondary N) is 1. The van der Waals surface area contributed by atoms with Gasteiger partial charge in [0.05, 0.1) is 6.61 Å². The van der Waals surface area contributed by atoms with Crippen LogP contribution in [-0.2, 0) is 9.53 Å². The molecule has 2 aromatic rings. The molecule has 0 aliphatic carbocycles. The number of H-pyrrole nitrogens is 1. The zero-order valence-electron chi connectivity index (χ0n) is 14.4. The number of aliphatic hydroxyl groups is 5. The van der Waals surface area contributed by atoms with Crippen molar-refractivity contribution in [3.05, 3.63) is 36.5 Å². The van der Waals surface area contributed by atoms with E-state index in [1.807, 2.05) is 18.3 Å². The van der Waals surface area contributed by atoms with Crippen molar-refractivity contribution in [1.29, 1.82) is 0 Å².